The Morgan fingerprint density at radius 1 is 1.24 bits per heavy atom. The van der Waals surface area contributed by atoms with Crippen LogP contribution in [0.1, 0.15) is 11.3 Å². The summed E-state index contributed by atoms with van der Waals surface area (Å²) in [4.78, 5) is 12.1. The molecule has 1 aromatic heterocycles. The van der Waals surface area contributed by atoms with Crippen LogP contribution in [0.2, 0.25) is 0 Å². The molecule has 0 aliphatic carbocycles. The standard InChI is InChI=1S/C12H19NO6S2/c1-17-7-8-18-5-2-6-19-11(14)9-10-3-4-12(20-10)21(13,15)16/h3-4H,2,5-9H2,1H3,(H2,13,15,16). The van der Waals surface area contributed by atoms with Gasteiger partial charge in [-0.15, -0.1) is 11.3 Å². The number of hydrogen-bond acceptors (Lipinski definition) is 7. The molecule has 21 heavy (non-hydrogen) atoms. The molecule has 0 radical (unpaired) electrons. The van der Waals surface area contributed by atoms with Gasteiger partial charge in [-0.05, 0) is 12.1 Å². The predicted octanol–water partition coefficient (Wildman–Crippen LogP) is 0.534. The van der Waals surface area contributed by atoms with Gasteiger partial charge in [-0.1, -0.05) is 0 Å². The molecular formula is C12H19NO6S2. The molecule has 0 aliphatic heterocycles. The molecule has 0 unspecified atom stereocenters. The van der Waals surface area contributed by atoms with Crippen molar-refractivity contribution in [3.63, 3.8) is 0 Å². The first-order valence-corrected chi connectivity index (χ1v) is 8.63. The number of ether oxygens (including phenoxy) is 3. The van der Waals surface area contributed by atoms with Crippen LogP contribution in [0.5, 0.6) is 0 Å². The minimum Gasteiger partial charge on any atom is -0.465 e. The van der Waals surface area contributed by atoms with E-state index in [1.165, 1.54) is 6.07 Å². The number of sulfonamides is 1. The Kier molecular flexibility index (Phi) is 7.83. The van der Waals surface area contributed by atoms with Crippen molar-refractivity contribution in [2.24, 2.45) is 5.14 Å². The van der Waals surface area contributed by atoms with Crippen LogP contribution in [-0.4, -0.2) is 47.9 Å². The zero-order valence-corrected chi connectivity index (χ0v) is 13.4. The summed E-state index contributed by atoms with van der Waals surface area (Å²) in [6.07, 6.45) is 0.632. The Labute approximate surface area is 128 Å². The third-order valence-corrected chi connectivity index (χ3v) is 4.89. The van der Waals surface area contributed by atoms with Gasteiger partial charge in [0, 0.05) is 25.0 Å². The van der Waals surface area contributed by atoms with Crippen molar-refractivity contribution < 1.29 is 27.4 Å². The second kappa shape index (κ2) is 9.11. The molecule has 0 saturated heterocycles. The number of carbonyl (C=O) groups is 1. The summed E-state index contributed by atoms with van der Waals surface area (Å²) in [5, 5.41) is 4.99. The zero-order chi connectivity index (χ0) is 15.7. The Morgan fingerprint density at radius 2 is 2.00 bits per heavy atom. The van der Waals surface area contributed by atoms with E-state index in [0.29, 0.717) is 31.1 Å². The largest absolute Gasteiger partial charge is 0.465 e. The minimum atomic E-state index is -3.71. The summed E-state index contributed by atoms with van der Waals surface area (Å²) in [7, 11) is -2.12. The van der Waals surface area contributed by atoms with Gasteiger partial charge in [0.2, 0.25) is 10.0 Å². The SMILES string of the molecule is COCCOCCCOC(=O)Cc1ccc(S(N)(=O)=O)s1. The molecule has 0 amide bonds. The van der Waals surface area contributed by atoms with Crippen LogP contribution in [0.15, 0.2) is 16.3 Å². The molecular weight excluding hydrogens is 318 g/mol. The smallest absolute Gasteiger partial charge is 0.311 e. The lowest BCUT2D eigenvalue weighted by Crippen LogP contribution is -2.11. The summed E-state index contributed by atoms with van der Waals surface area (Å²) >= 11 is 0.969. The molecule has 0 aliphatic rings. The zero-order valence-electron chi connectivity index (χ0n) is 11.7. The molecule has 120 valence electrons. The average molecular weight is 337 g/mol. The van der Waals surface area contributed by atoms with Gasteiger partial charge in [0.15, 0.2) is 0 Å². The van der Waals surface area contributed by atoms with Gasteiger partial charge in [0.05, 0.1) is 26.2 Å². The summed E-state index contributed by atoms with van der Waals surface area (Å²) in [5.74, 6) is -0.408. The number of nitrogens with two attached hydrogens (primary N) is 1. The summed E-state index contributed by atoms with van der Waals surface area (Å²) < 4.78 is 37.3. The summed E-state index contributed by atoms with van der Waals surface area (Å²) in [5.41, 5.74) is 0. The highest BCUT2D eigenvalue weighted by Crippen LogP contribution is 2.20. The van der Waals surface area contributed by atoms with Crippen molar-refractivity contribution in [2.75, 3.05) is 33.5 Å². The quantitative estimate of drug-likeness (QED) is 0.493. The first-order valence-electron chi connectivity index (χ1n) is 6.27. The number of hydrogen-bond donors (Lipinski definition) is 1. The van der Waals surface area contributed by atoms with Gasteiger partial charge in [-0.2, -0.15) is 0 Å². The minimum absolute atomic E-state index is 0.0325. The van der Waals surface area contributed by atoms with E-state index in [9.17, 15) is 13.2 Å². The van der Waals surface area contributed by atoms with E-state index in [-0.39, 0.29) is 17.2 Å². The van der Waals surface area contributed by atoms with Crippen LogP contribution in [0, 0.1) is 0 Å². The first kappa shape index (κ1) is 18.1. The number of carbonyl (C=O) groups excluding carboxylic acids is 1. The van der Waals surface area contributed by atoms with Crippen LogP contribution in [-0.2, 0) is 35.4 Å². The maximum Gasteiger partial charge on any atom is 0.311 e. The van der Waals surface area contributed by atoms with Gasteiger partial charge in [-0.25, -0.2) is 13.6 Å². The number of methoxy groups -OCH3 is 1. The van der Waals surface area contributed by atoms with Crippen molar-refractivity contribution in [3.05, 3.63) is 17.0 Å². The van der Waals surface area contributed by atoms with Crippen molar-refractivity contribution in [3.8, 4) is 0 Å². The summed E-state index contributed by atoms with van der Waals surface area (Å²) in [6.45, 7) is 1.80. The lowest BCUT2D eigenvalue weighted by molar-refractivity contribution is -0.143. The number of primary sulfonamides is 1. The first-order chi connectivity index (χ1) is 9.93. The van der Waals surface area contributed by atoms with Gasteiger partial charge in [-0.3, -0.25) is 4.79 Å². The van der Waals surface area contributed by atoms with E-state index in [1.807, 2.05) is 0 Å². The number of esters is 1. The second-order valence-corrected chi connectivity index (χ2v) is 7.08. The Bertz CT molecular complexity index is 540. The third-order valence-electron chi connectivity index (χ3n) is 2.36. The highest BCUT2D eigenvalue weighted by molar-refractivity contribution is 7.91. The Hall–Kier alpha value is -1.00. The predicted molar refractivity (Wildman–Crippen MR) is 77.7 cm³/mol. The molecule has 0 atom stereocenters. The van der Waals surface area contributed by atoms with Crippen LogP contribution >= 0.6 is 11.3 Å². The maximum atomic E-state index is 11.5. The lowest BCUT2D eigenvalue weighted by atomic mass is 10.3. The lowest BCUT2D eigenvalue weighted by Gasteiger charge is -2.05. The number of thiophene rings is 1. The molecule has 2 N–H and O–H groups in total. The fourth-order valence-corrected chi connectivity index (χ4v) is 3.15. The van der Waals surface area contributed by atoms with Crippen molar-refractivity contribution in [1.82, 2.24) is 0 Å². The molecule has 0 saturated carbocycles. The van der Waals surface area contributed by atoms with E-state index in [1.54, 1.807) is 13.2 Å². The van der Waals surface area contributed by atoms with E-state index >= 15 is 0 Å². The second-order valence-electron chi connectivity index (χ2n) is 4.12. The van der Waals surface area contributed by atoms with Gasteiger partial charge < -0.3 is 14.2 Å². The van der Waals surface area contributed by atoms with Crippen LogP contribution in [0.25, 0.3) is 0 Å². The topological polar surface area (TPSA) is 105 Å². The highest BCUT2D eigenvalue weighted by Gasteiger charge is 2.13. The fourth-order valence-electron chi connectivity index (χ4n) is 1.39. The fraction of sp³-hybridized carbons (Fsp3) is 0.583. The average Bonchev–Trinajstić information content (AvgIpc) is 2.86. The molecule has 9 heteroatoms. The van der Waals surface area contributed by atoms with Gasteiger partial charge in [0.25, 0.3) is 0 Å². The van der Waals surface area contributed by atoms with E-state index in [0.717, 1.165) is 11.3 Å². The van der Waals surface area contributed by atoms with Gasteiger partial charge in [0.1, 0.15) is 4.21 Å². The van der Waals surface area contributed by atoms with E-state index in [4.69, 9.17) is 19.3 Å². The van der Waals surface area contributed by atoms with Crippen molar-refractivity contribution in [1.29, 1.82) is 0 Å². The Balaban J connectivity index is 2.21. The van der Waals surface area contributed by atoms with Crippen LogP contribution in [0.3, 0.4) is 0 Å². The number of rotatable bonds is 10. The Morgan fingerprint density at radius 3 is 2.62 bits per heavy atom. The van der Waals surface area contributed by atoms with Crippen molar-refractivity contribution in [2.45, 2.75) is 17.1 Å². The molecule has 7 nitrogen and oxygen atoms in total. The molecule has 0 fully saturated rings. The van der Waals surface area contributed by atoms with Gasteiger partial charge >= 0.3 is 5.97 Å². The molecule has 1 heterocycles. The van der Waals surface area contributed by atoms with Crippen LogP contribution < -0.4 is 5.14 Å². The normalized spacial score (nSPS) is 11.5. The monoisotopic (exact) mass is 337 g/mol. The van der Waals surface area contributed by atoms with Crippen molar-refractivity contribution >= 4 is 27.3 Å². The van der Waals surface area contributed by atoms with E-state index < -0.39 is 16.0 Å². The molecule has 1 aromatic rings. The molecule has 0 bridgehead atoms. The van der Waals surface area contributed by atoms with Crippen LogP contribution in [0.4, 0.5) is 0 Å². The molecule has 1 rings (SSSR count). The molecule has 0 aromatic carbocycles. The third kappa shape index (κ3) is 7.53. The molecule has 0 spiro atoms. The van der Waals surface area contributed by atoms with E-state index in [2.05, 4.69) is 0 Å². The summed E-state index contributed by atoms with van der Waals surface area (Å²) in [6, 6.07) is 2.94. The highest BCUT2D eigenvalue weighted by atomic mass is 32.2. The maximum absolute atomic E-state index is 11.5.